The number of hydrogen-bond donors (Lipinski definition) is 0. The standard InChI is InChI=1S/C12H16BrClN2/c1-15-4-6-16(7-5-15)11-3-2-10(9-13)12(14)8-11/h2-3,8H,4-7,9H2,1H3. The Bertz CT molecular complexity index is 362. The van der Waals surface area contributed by atoms with Crippen molar-refractivity contribution in [3.05, 3.63) is 28.8 Å². The summed E-state index contributed by atoms with van der Waals surface area (Å²) in [5.74, 6) is 0. The van der Waals surface area contributed by atoms with Crippen LogP contribution in [0.25, 0.3) is 0 Å². The van der Waals surface area contributed by atoms with E-state index in [-0.39, 0.29) is 0 Å². The van der Waals surface area contributed by atoms with E-state index in [1.807, 2.05) is 0 Å². The van der Waals surface area contributed by atoms with Crippen LogP contribution >= 0.6 is 27.5 Å². The highest BCUT2D eigenvalue weighted by atomic mass is 79.9. The average Bonchev–Trinajstić information content (AvgIpc) is 2.30. The first kappa shape index (κ1) is 12.2. The van der Waals surface area contributed by atoms with Gasteiger partial charge in [-0.05, 0) is 24.7 Å². The fourth-order valence-electron chi connectivity index (χ4n) is 1.91. The smallest absolute Gasteiger partial charge is 0.0467 e. The lowest BCUT2D eigenvalue weighted by molar-refractivity contribution is 0.313. The lowest BCUT2D eigenvalue weighted by atomic mass is 10.2. The number of likely N-dealkylation sites (N-methyl/N-ethyl adjacent to an activating group) is 1. The van der Waals surface area contributed by atoms with Crippen LogP contribution in [0.2, 0.25) is 5.02 Å². The van der Waals surface area contributed by atoms with Gasteiger partial charge in [0.25, 0.3) is 0 Å². The van der Waals surface area contributed by atoms with Crippen molar-refractivity contribution < 1.29 is 0 Å². The molecule has 1 aliphatic rings. The van der Waals surface area contributed by atoms with Crippen LogP contribution in [-0.2, 0) is 5.33 Å². The predicted octanol–water partition coefficient (Wildman–Crippen LogP) is 2.99. The van der Waals surface area contributed by atoms with E-state index >= 15 is 0 Å². The Morgan fingerprint density at radius 1 is 1.25 bits per heavy atom. The van der Waals surface area contributed by atoms with Crippen LogP contribution in [-0.4, -0.2) is 38.1 Å². The predicted molar refractivity (Wildman–Crippen MR) is 73.8 cm³/mol. The van der Waals surface area contributed by atoms with Gasteiger partial charge in [0.15, 0.2) is 0 Å². The van der Waals surface area contributed by atoms with Crippen molar-refractivity contribution in [2.75, 3.05) is 38.1 Å². The van der Waals surface area contributed by atoms with Crippen LogP contribution in [0.5, 0.6) is 0 Å². The highest BCUT2D eigenvalue weighted by molar-refractivity contribution is 9.08. The van der Waals surface area contributed by atoms with Crippen LogP contribution in [0.15, 0.2) is 18.2 Å². The van der Waals surface area contributed by atoms with Gasteiger partial charge in [-0.15, -0.1) is 0 Å². The molecule has 88 valence electrons. The van der Waals surface area contributed by atoms with E-state index < -0.39 is 0 Å². The molecule has 0 saturated carbocycles. The number of nitrogens with zero attached hydrogens (tertiary/aromatic N) is 2. The normalized spacial score (nSPS) is 17.8. The highest BCUT2D eigenvalue weighted by Crippen LogP contribution is 2.25. The molecule has 2 nitrogen and oxygen atoms in total. The Balaban J connectivity index is 2.12. The summed E-state index contributed by atoms with van der Waals surface area (Å²) in [6, 6.07) is 6.34. The molecule has 1 aromatic rings. The molecule has 2 rings (SSSR count). The van der Waals surface area contributed by atoms with Gasteiger partial charge in [-0.1, -0.05) is 33.6 Å². The van der Waals surface area contributed by atoms with E-state index in [2.05, 4.69) is 51.0 Å². The fourth-order valence-corrected chi connectivity index (χ4v) is 2.80. The molecule has 0 amide bonds. The van der Waals surface area contributed by atoms with Crippen LogP contribution in [0.3, 0.4) is 0 Å². The molecule has 0 N–H and O–H groups in total. The van der Waals surface area contributed by atoms with E-state index in [9.17, 15) is 0 Å². The topological polar surface area (TPSA) is 6.48 Å². The van der Waals surface area contributed by atoms with Crippen LogP contribution in [0, 0.1) is 0 Å². The second-order valence-electron chi connectivity index (χ2n) is 4.20. The van der Waals surface area contributed by atoms with Crippen molar-refractivity contribution in [3.63, 3.8) is 0 Å². The summed E-state index contributed by atoms with van der Waals surface area (Å²) in [6.07, 6.45) is 0. The second kappa shape index (κ2) is 5.39. The zero-order valence-electron chi connectivity index (χ0n) is 9.42. The zero-order valence-corrected chi connectivity index (χ0v) is 11.8. The van der Waals surface area contributed by atoms with Crippen molar-refractivity contribution in [2.45, 2.75) is 5.33 Å². The summed E-state index contributed by atoms with van der Waals surface area (Å²) in [6.45, 7) is 4.41. The van der Waals surface area contributed by atoms with Gasteiger partial charge in [-0.3, -0.25) is 0 Å². The van der Waals surface area contributed by atoms with Gasteiger partial charge in [0.1, 0.15) is 0 Å². The Morgan fingerprint density at radius 3 is 2.50 bits per heavy atom. The largest absolute Gasteiger partial charge is 0.369 e. The first-order valence-electron chi connectivity index (χ1n) is 5.48. The van der Waals surface area contributed by atoms with Crippen molar-refractivity contribution in [1.82, 2.24) is 4.90 Å². The molecule has 1 aromatic carbocycles. The van der Waals surface area contributed by atoms with E-state index in [0.717, 1.165) is 42.1 Å². The molecule has 1 heterocycles. The average molecular weight is 304 g/mol. The number of halogens is 2. The van der Waals surface area contributed by atoms with Crippen molar-refractivity contribution in [1.29, 1.82) is 0 Å². The summed E-state index contributed by atoms with van der Waals surface area (Å²) in [5, 5.41) is 1.67. The number of benzene rings is 1. The molecule has 0 atom stereocenters. The third-order valence-corrected chi connectivity index (χ3v) is 4.00. The first-order chi connectivity index (χ1) is 7.70. The Hall–Kier alpha value is -0.250. The molecule has 0 unspecified atom stereocenters. The van der Waals surface area contributed by atoms with Crippen LogP contribution in [0.1, 0.15) is 5.56 Å². The number of anilines is 1. The molecule has 0 radical (unpaired) electrons. The third kappa shape index (κ3) is 2.70. The molecule has 16 heavy (non-hydrogen) atoms. The van der Waals surface area contributed by atoms with E-state index in [4.69, 9.17) is 11.6 Å². The molecule has 1 aliphatic heterocycles. The maximum Gasteiger partial charge on any atom is 0.0467 e. The van der Waals surface area contributed by atoms with Crippen LogP contribution in [0.4, 0.5) is 5.69 Å². The minimum absolute atomic E-state index is 0.814. The van der Waals surface area contributed by atoms with E-state index in [0.29, 0.717) is 0 Å². The van der Waals surface area contributed by atoms with E-state index in [1.54, 1.807) is 0 Å². The second-order valence-corrected chi connectivity index (χ2v) is 5.17. The maximum atomic E-state index is 6.21. The number of piperazine rings is 1. The van der Waals surface area contributed by atoms with Crippen molar-refractivity contribution in [3.8, 4) is 0 Å². The molecule has 1 saturated heterocycles. The van der Waals surface area contributed by atoms with Crippen LogP contribution < -0.4 is 4.90 Å². The number of alkyl halides is 1. The van der Waals surface area contributed by atoms with Gasteiger partial charge < -0.3 is 9.80 Å². The molecular weight excluding hydrogens is 288 g/mol. The monoisotopic (exact) mass is 302 g/mol. The summed E-state index contributed by atoms with van der Waals surface area (Å²) < 4.78 is 0. The lowest BCUT2D eigenvalue weighted by Crippen LogP contribution is -2.44. The Labute approximate surface area is 110 Å². The minimum atomic E-state index is 0.814. The third-order valence-electron chi connectivity index (χ3n) is 3.05. The van der Waals surface area contributed by atoms with Crippen molar-refractivity contribution >= 4 is 33.2 Å². The van der Waals surface area contributed by atoms with Gasteiger partial charge in [0, 0.05) is 42.2 Å². The Morgan fingerprint density at radius 2 is 1.94 bits per heavy atom. The molecule has 0 bridgehead atoms. The zero-order chi connectivity index (χ0) is 11.5. The molecule has 4 heteroatoms. The first-order valence-corrected chi connectivity index (χ1v) is 6.98. The lowest BCUT2D eigenvalue weighted by Gasteiger charge is -2.34. The quantitative estimate of drug-likeness (QED) is 0.775. The van der Waals surface area contributed by atoms with E-state index in [1.165, 1.54) is 5.69 Å². The summed E-state index contributed by atoms with van der Waals surface area (Å²) in [4.78, 5) is 4.74. The van der Waals surface area contributed by atoms with Gasteiger partial charge in [0.2, 0.25) is 0 Å². The molecule has 0 aliphatic carbocycles. The summed E-state index contributed by atoms with van der Waals surface area (Å²) in [7, 11) is 2.16. The molecule has 0 aromatic heterocycles. The minimum Gasteiger partial charge on any atom is -0.369 e. The summed E-state index contributed by atoms with van der Waals surface area (Å²) in [5.41, 5.74) is 2.39. The maximum absolute atomic E-state index is 6.21. The molecule has 0 spiro atoms. The highest BCUT2D eigenvalue weighted by Gasteiger charge is 2.14. The van der Waals surface area contributed by atoms with Gasteiger partial charge in [-0.2, -0.15) is 0 Å². The SMILES string of the molecule is CN1CCN(c2ccc(CBr)c(Cl)c2)CC1. The Kier molecular flexibility index (Phi) is 4.11. The van der Waals surface area contributed by atoms with Crippen molar-refractivity contribution in [2.24, 2.45) is 0 Å². The number of rotatable bonds is 2. The van der Waals surface area contributed by atoms with Gasteiger partial charge in [0.05, 0.1) is 0 Å². The van der Waals surface area contributed by atoms with Gasteiger partial charge in [-0.25, -0.2) is 0 Å². The summed E-state index contributed by atoms with van der Waals surface area (Å²) >= 11 is 9.64. The fraction of sp³-hybridized carbons (Fsp3) is 0.500. The molecule has 1 fully saturated rings. The van der Waals surface area contributed by atoms with Gasteiger partial charge >= 0.3 is 0 Å². The number of hydrogen-bond acceptors (Lipinski definition) is 2. The molecular formula is C12H16BrClN2.